The zero-order valence-corrected chi connectivity index (χ0v) is 14.0. The molecular weight excluding hydrogens is 320 g/mol. The van der Waals surface area contributed by atoms with E-state index in [2.05, 4.69) is 10.3 Å². The predicted molar refractivity (Wildman–Crippen MR) is 88.5 cm³/mol. The zero-order valence-electron chi connectivity index (χ0n) is 13.3. The van der Waals surface area contributed by atoms with Gasteiger partial charge in [-0.05, 0) is 32.9 Å². The summed E-state index contributed by atoms with van der Waals surface area (Å²) in [6, 6.07) is 5.32. The van der Waals surface area contributed by atoms with E-state index in [1.807, 2.05) is 6.07 Å². The second kappa shape index (κ2) is 6.78. The van der Waals surface area contributed by atoms with Gasteiger partial charge in [-0.25, -0.2) is 4.79 Å². The molecule has 0 saturated heterocycles. The third kappa shape index (κ3) is 4.37. The van der Waals surface area contributed by atoms with Crippen molar-refractivity contribution >= 4 is 28.6 Å². The molecule has 0 saturated carbocycles. The van der Waals surface area contributed by atoms with E-state index in [-0.39, 0.29) is 6.54 Å². The molecule has 2 unspecified atom stereocenters. The average molecular weight is 341 g/mol. The molecule has 1 heterocycles. The molecule has 1 aromatic heterocycles. The summed E-state index contributed by atoms with van der Waals surface area (Å²) in [5, 5.41) is 24.0. The number of hydrogen-bond acceptors (Lipinski definition) is 4. The van der Waals surface area contributed by atoms with Crippen LogP contribution in [0.4, 0.5) is 4.79 Å². The standard InChI is InChI=1S/C16H21ClN2O4/c1-16(2,3)23-15(22)19-8-12(20)14(21)9-7-18-11-6-4-5-10(17)13(9)11/h4-7,12,14,18,20-21H,8H2,1-3H3,(H,19,22). The lowest BCUT2D eigenvalue weighted by molar-refractivity contribution is 0.0136. The van der Waals surface area contributed by atoms with E-state index in [1.165, 1.54) is 0 Å². The van der Waals surface area contributed by atoms with E-state index in [1.54, 1.807) is 39.1 Å². The largest absolute Gasteiger partial charge is 0.444 e. The number of amides is 1. The fourth-order valence-electron chi connectivity index (χ4n) is 2.22. The Morgan fingerprint density at radius 2 is 2.09 bits per heavy atom. The quantitative estimate of drug-likeness (QED) is 0.688. The highest BCUT2D eigenvalue weighted by Gasteiger charge is 2.24. The van der Waals surface area contributed by atoms with Crippen molar-refractivity contribution in [2.45, 2.75) is 38.6 Å². The summed E-state index contributed by atoms with van der Waals surface area (Å²) in [7, 11) is 0. The molecule has 0 aliphatic rings. The molecule has 2 atom stereocenters. The molecule has 1 aromatic carbocycles. The van der Waals surface area contributed by atoms with Gasteiger partial charge in [0.2, 0.25) is 0 Å². The number of benzene rings is 1. The van der Waals surface area contributed by atoms with Crippen molar-refractivity contribution in [3.63, 3.8) is 0 Å². The lowest BCUT2D eigenvalue weighted by Crippen LogP contribution is -2.38. The van der Waals surface area contributed by atoms with Crippen LogP contribution in [0.25, 0.3) is 10.9 Å². The van der Waals surface area contributed by atoms with Gasteiger partial charge in [-0.3, -0.25) is 0 Å². The van der Waals surface area contributed by atoms with Gasteiger partial charge in [0.15, 0.2) is 0 Å². The lowest BCUT2D eigenvalue weighted by atomic mass is 10.0. The second-order valence-corrected chi connectivity index (χ2v) is 6.71. The number of carbonyl (C=O) groups excluding carboxylic acids is 1. The number of H-pyrrole nitrogens is 1. The van der Waals surface area contributed by atoms with Gasteiger partial charge in [-0.2, -0.15) is 0 Å². The molecule has 6 nitrogen and oxygen atoms in total. The van der Waals surface area contributed by atoms with Gasteiger partial charge >= 0.3 is 6.09 Å². The van der Waals surface area contributed by atoms with Gasteiger partial charge in [-0.15, -0.1) is 0 Å². The Balaban J connectivity index is 2.04. The van der Waals surface area contributed by atoms with Crippen LogP contribution < -0.4 is 5.32 Å². The van der Waals surface area contributed by atoms with Crippen molar-refractivity contribution in [3.05, 3.63) is 35.0 Å². The number of aliphatic hydroxyl groups is 2. The number of halogens is 1. The number of aromatic nitrogens is 1. The predicted octanol–water partition coefficient (Wildman–Crippen LogP) is 2.74. The molecule has 2 aromatic rings. The first kappa shape index (κ1) is 17.6. The lowest BCUT2D eigenvalue weighted by Gasteiger charge is -2.22. The first-order valence-electron chi connectivity index (χ1n) is 7.27. The van der Waals surface area contributed by atoms with Gasteiger partial charge < -0.3 is 25.3 Å². The van der Waals surface area contributed by atoms with Gasteiger partial charge in [0.05, 0.1) is 5.02 Å². The Morgan fingerprint density at radius 1 is 1.39 bits per heavy atom. The highest BCUT2D eigenvalue weighted by molar-refractivity contribution is 6.35. The van der Waals surface area contributed by atoms with E-state index >= 15 is 0 Å². The van der Waals surface area contributed by atoms with Crippen LogP contribution in [-0.2, 0) is 4.74 Å². The van der Waals surface area contributed by atoms with E-state index in [0.717, 1.165) is 5.52 Å². The Morgan fingerprint density at radius 3 is 2.74 bits per heavy atom. The van der Waals surface area contributed by atoms with Crippen molar-refractivity contribution in [2.75, 3.05) is 6.54 Å². The highest BCUT2D eigenvalue weighted by Crippen LogP contribution is 2.31. The molecule has 0 aliphatic carbocycles. The molecule has 126 valence electrons. The number of ether oxygens (including phenoxy) is 1. The van der Waals surface area contributed by atoms with Crippen molar-refractivity contribution < 1.29 is 19.7 Å². The molecule has 4 N–H and O–H groups in total. The number of fused-ring (bicyclic) bond motifs is 1. The number of aliphatic hydroxyl groups excluding tert-OH is 2. The maximum Gasteiger partial charge on any atom is 0.407 e. The molecule has 0 radical (unpaired) electrons. The Labute approximate surface area is 139 Å². The van der Waals surface area contributed by atoms with Gasteiger partial charge in [0.1, 0.15) is 17.8 Å². The van der Waals surface area contributed by atoms with E-state index in [0.29, 0.717) is 16.0 Å². The maximum absolute atomic E-state index is 11.6. The minimum absolute atomic E-state index is 0.146. The molecule has 1 amide bonds. The molecule has 23 heavy (non-hydrogen) atoms. The van der Waals surface area contributed by atoms with Crippen LogP contribution in [0.2, 0.25) is 5.02 Å². The summed E-state index contributed by atoms with van der Waals surface area (Å²) in [6.45, 7) is 5.08. The summed E-state index contributed by atoms with van der Waals surface area (Å²) in [5.41, 5.74) is 0.612. The summed E-state index contributed by atoms with van der Waals surface area (Å²) in [4.78, 5) is 14.6. The number of rotatable bonds is 4. The Hall–Kier alpha value is -1.76. The molecule has 0 fully saturated rings. The van der Waals surface area contributed by atoms with Crippen molar-refractivity contribution in [1.29, 1.82) is 0 Å². The van der Waals surface area contributed by atoms with Crippen LogP contribution in [0.15, 0.2) is 24.4 Å². The van der Waals surface area contributed by atoms with Crippen LogP contribution in [0.3, 0.4) is 0 Å². The molecule has 2 rings (SSSR count). The van der Waals surface area contributed by atoms with Crippen molar-refractivity contribution in [3.8, 4) is 0 Å². The van der Waals surface area contributed by atoms with Crippen LogP contribution in [-0.4, -0.2) is 39.5 Å². The first-order valence-corrected chi connectivity index (χ1v) is 7.65. The monoisotopic (exact) mass is 340 g/mol. The minimum Gasteiger partial charge on any atom is -0.444 e. The van der Waals surface area contributed by atoms with Crippen LogP contribution in [0.1, 0.15) is 32.4 Å². The summed E-state index contributed by atoms with van der Waals surface area (Å²) in [6.07, 6.45) is -1.45. The normalized spacial score (nSPS) is 14.5. The van der Waals surface area contributed by atoms with Crippen LogP contribution in [0.5, 0.6) is 0 Å². The third-order valence-electron chi connectivity index (χ3n) is 3.22. The van der Waals surface area contributed by atoms with Gasteiger partial charge in [0, 0.05) is 29.2 Å². The fourth-order valence-corrected chi connectivity index (χ4v) is 2.50. The van der Waals surface area contributed by atoms with E-state index in [4.69, 9.17) is 16.3 Å². The van der Waals surface area contributed by atoms with Crippen molar-refractivity contribution in [1.82, 2.24) is 10.3 Å². The maximum atomic E-state index is 11.6. The first-order chi connectivity index (χ1) is 10.7. The zero-order chi connectivity index (χ0) is 17.2. The molecular formula is C16H21ClN2O4. The number of alkyl carbamates (subject to hydrolysis) is 1. The SMILES string of the molecule is CC(C)(C)OC(=O)NCC(O)C(O)c1c[nH]c2cccc(Cl)c12. The third-order valence-corrected chi connectivity index (χ3v) is 3.54. The minimum atomic E-state index is -1.20. The fraction of sp³-hybridized carbons (Fsp3) is 0.438. The number of aromatic amines is 1. The Bertz CT molecular complexity index is 693. The summed E-state index contributed by atoms with van der Waals surface area (Å²) < 4.78 is 5.08. The molecule has 7 heteroatoms. The average Bonchev–Trinajstić information content (AvgIpc) is 2.87. The molecule has 0 aliphatic heterocycles. The van der Waals surface area contributed by atoms with Gasteiger partial charge in [0.25, 0.3) is 0 Å². The van der Waals surface area contributed by atoms with Crippen molar-refractivity contribution in [2.24, 2.45) is 0 Å². The van der Waals surface area contributed by atoms with E-state index in [9.17, 15) is 15.0 Å². The smallest absolute Gasteiger partial charge is 0.407 e. The van der Waals surface area contributed by atoms with Gasteiger partial charge in [-0.1, -0.05) is 17.7 Å². The molecule has 0 bridgehead atoms. The number of carbonyl (C=O) groups is 1. The van der Waals surface area contributed by atoms with Crippen LogP contribution >= 0.6 is 11.6 Å². The van der Waals surface area contributed by atoms with E-state index < -0.39 is 23.9 Å². The number of hydrogen-bond donors (Lipinski definition) is 4. The Kier molecular flexibility index (Phi) is 5.19. The summed E-state index contributed by atoms with van der Waals surface area (Å²) in [5.74, 6) is 0. The topological polar surface area (TPSA) is 94.6 Å². The second-order valence-electron chi connectivity index (χ2n) is 6.30. The van der Waals surface area contributed by atoms with Crippen LogP contribution in [0, 0.1) is 0 Å². The molecule has 0 spiro atoms. The summed E-state index contributed by atoms with van der Waals surface area (Å²) >= 11 is 6.15. The highest BCUT2D eigenvalue weighted by atomic mass is 35.5. The number of nitrogens with one attached hydrogen (secondary N) is 2.